The molecule has 0 aliphatic heterocycles. The Kier molecular flexibility index (Phi) is 6.34. The van der Waals surface area contributed by atoms with Gasteiger partial charge in [-0.2, -0.15) is 0 Å². The molecular weight excluding hydrogens is 306 g/mol. The lowest BCUT2D eigenvalue weighted by molar-refractivity contribution is -0.134. The molecule has 0 amide bonds. The third-order valence-electron chi connectivity index (χ3n) is 2.98. The summed E-state index contributed by atoms with van der Waals surface area (Å²) in [5.74, 6) is -0.454. The van der Waals surface area contributed by atoms with Crippen LogP contribution in [-0.4, -0.2) is 18.5 Å². The third-order valence-corrected chi connectivity index (χ3v) is 2.98. The molecule has 0 aromatic heterocycles. The van der Waals surface area contributed by atoms with E-state index in [0.29, 0.717) is 13.0 Å². The van der Waals surface area contributed by atoms with E-state index in [0.717, 1.165) is 16.3 Å². The Morgan fingerprint density at radius 3 is 2.27 bits per heavy atom. The quantitative estimate of drug-likeness (QED) is 0.691. The summed E-state index contributed by atoms with van der Waals surface area (Å²) < 4.78 is 10.4. The van der Waals surface area contributed by atoms with Gasteiger partial charge in [0, 0.05) is 19.2 Å². The van der Waals surface area contributed by atoms with Crippen LogP contribution in [0.25, 0.3) is 10.8 Å². The number of ether oxygens (including phenoxy) is 2. The van der Waals surface area contributed by atoms with E-state index < -0.39 is 11.9 Å². The van der Waals surface area contributed by atoms with Gasteiger partial charge in [0.2, 0.25) is 0 Å². The standard InChI is InChI=1S/C16H17NO4.ClH/c1-10(18)20-15-7-6-13-12(8-9-17)4-3-5-14(13)16(15)21-11(2)19;/h3-7H,8-9,17H2,1-2H3;1H. The second-order valence-corrected chi connectivity index (χ2v) is 4.63. The normalized spacial score (nSPS) is 9.95. The lowest BCUT2D eigenvalue weighted by Gasteiger charge is -2.13. The van der Waals surface area contributed by atoms with Crippen LogP contribution in [0.3, 0.4) is 0 Å². The molecule has 22 heavy (non-hydrogen) atoms. The Hall–Kier alpha value is -2.11. The molecule has 6 heteroatoms. The van der Waals surface area contributed by atoms with E-state index in [2.05, 4.69) is 0 Å². The highest BCUT2D eigenvalue weighted by Gasteiger charge is 2.15. The van der Waals surface area contributed by atoms with Crippen molar-refractivity contribution in [3.05, 3.63) is 35.9 Å². The molecule has 0 fully saturated rings. The van der Waals surface area contributed by atoms with Crippen molar-refractivity contribution in [1.82, 2.24) is 0 Å². The molecule has 2 N–H and O–H groups in total. The summed E-state index contributed by atoms with van der Waals surface area (Å²) in [5.41, 5.74) is 6.66. The van der Waals surface area contributed by atoms with E-state index in [1.807, 2.05) is 24.3 Å². The maximum atomic E-state index is 11.3. The minimum atomic E-state index is -0.472. The van der Waals surface area contributed by atoms with Crippen molar-refractivity contribution in [2.75, 3.05) is 6.54 Å². The van der Waals surface area contributed by atoms with Gasteiger partial charge in [-0.25, -0.2) is 0 Å². The molecule has 2 aromatic rings. The van der Waals surface area contributed by atoms with Crippen molar-refractivity contribution in [2.45, 2.75) is 20.3 Å². The molecule has 2 aromatic carbocycles. The molecule has 0 aliphatic carbocycles. The van der Waals surface area contributed by atoms with E-state index in [-0.39, 0.29) is 23.9 Å². The van der Waals surface area contributed by atoms with Gasteiger partial charge in [-0.05, 0) is 30.0 Å². The van der Waals surface area contributed by atoms with Crippen LogP contribution in [0.5, 0.6) is 11.5 Å². The number of hydrogen-bond acceptors (Lipinski definition) is 5. The summed E-state index contributed by atoms with van der Waals surface area (Å²) in [6.45, 7) is 3.13. The SMILES string of the molecule is CC(=O)Oc1ccc2c(CCN)cccc2c1OC(C)=O.Cl. The smallest absolute Gasteiger partial charge is 0.308 e. The van der Waals surface area contributed by atoms with Gasteiger partial charge in [-0.1, -0.05) is 24.3 Å². The number of hydrogen-bond donors (Lipinski definition) is 1. The number of carbonyl (C=O) groups is 2. The molecule has 0 unspecified atom stereocenters. The Morgan fingerprint density at radius 2 is 1.68 bits per heavy atom. The molecular formula is C16H18ClNO4. The van der Waals surface area contributed by atoms with Gasteiger partial charge < -0.3 is 15.2 Å². The maximum Gasteiger partial charge on any atom is 0.308 e. The zero-order chi connectivity index (χ0) is 15.4. The van der Waals surface area contributed by atoms with Crippen molar-refractivity contribution in [3.8, 4) is 11.5 Å². The lowest BCUT2D eigenvalue weighted by atomic mass is 10.0. The molecule has 0 radical (unpaired) electrons. The number of carbonyl (C=O) groups excluding carboxylic acids is 2. The first-order valence-electron chi connectivity index (χ1n) is 6.64. The molecule has 2 rings (SSSR count). The highest BCUT2D eigenvalue weighted by atomic mass is 35.5. The zero-order valence-corrected chi connectivity index (χ0v) is 13.2. The molecule has 0 saturated carbocycles. The van der Waals surface area contributed by atoms with Crippen LogP contribution in [0.1, 0.15) is 19.4 Å². The zero-order valence-electron chi connectivity index (χ0n) is 12.4. The average Bonchev–Trinajstić information content (AvgIpc) is 2.41. The first-order chi connectivity index (χ1) is 10.0. The van der Waals surface area contributed by atoms with Crippen molar-refractivity contribution >= 4 is 35.1 Å². The number of benzene rings is 2. The third kappa shape index (κ3) is 3.96. The highest BCUT2D eigenvalue weighted by molar-refractivity contribution is 5.95. The van der Waals surface area contributed by atoms with Crippen LogP contribution in [0.4, 0.5) is 0 Å². The fourth-order valence-electron chi connectivity index (χ4n) is 2.23. The van der Waals surface area contributed by atoms with E-state index in [9.17, 15) is 9.59 Å². The van der Waals surface area contributed by atoms with Gasteiger partial charge in [0.05, 0.1) is 0 Å². The van der Waals surface area contributed by atoms with Gasteiger partial charge in [-0.3, -0.25) is 9.59 Å². The van der Waals surface area contributed by atoms with Crippen molar-refractivity contribution in [1.29, 1.82) is 0 Å². The van der Waals surface area contributed by atoms with E-state index in [4.69, 9.17) is 15.2 Å². The number of esters is 2. The van der Waals surface area contributed by atoms with Crippen molar-refractivity contribution < 1.29 is 19.1 Å². The van der Waals surface area contributed by atoms with Crippen LogP contribution in [0, 0.1) is 0 Å². The molecule has 0 aliphatic rings. The molecule has 0 saturated heterocycles. The molecule has 5 nitrogen and oxygen atoms in total. The van der Waals surface area contributed by atoms with Crippen LogP contribution in [0.15, 0.2) is 30.3 Å². The predicted octanol–water partition coefficient (Wildman–Crippen LogP) is 2.61. The number of nitrogens with two attached hydrogens (primary N) is 1. The van der Waals surface area contributed by atoms with Gasteiger partial charge in [-0.15, -0.1) is 12.4 Å². The Balaban J connectivity index is 0.00000242. The van der Waals surface area contributed by atoms with Gasteiger partial charge in [0.25, 0.3) is 0 Å². The summed E-state index contributed by atoms with van der Waals surface area (Å²) in [5, 5.41) is 1.64. The summed E-state index contributed by atoms with van der Waals surface area (Å²) in [7, 11) is 0. The van der Waals surface area contributed by atoms with E-state index >= 15 is 0 Å². The molecule has 0 atom stereocenters. The van der Waals surface area contributed by atoms with E-state index in [1.54, 1.807) is 6.07 Å². The van der Waals surface area contributed by atoms with Gasteiger partial charge in [0.1, 0.15) is 0 Å². The summed E-state index contributed by atoms with van der Waals surface area (Å²) in [4.78, 5) is 22.5. The molecule has 0 spiro atoms. The second kappa shape index (κ2) is 7.77. The Bertz CT molecular complexity index is 700. The van der Waals surface area contributed by atoms with E-state index in [1.165, 1.54) is 13.8 Å². The first-order valence-corrected chi connectivity index (χ1v) is 6.64. The summed E-state index contributed by atoms with van der Waals surface area (Å²) in [6.07, 6.45) is 0.712. The summed E-state index contributed by atoms with van der Waals surface area (Å²) >= 11 is 0. The lowest BCUT2D eigenvalue weighted by Crippen LogP contribution is -2.08. The molecule has 0 bridgehead atoms. The maximum absolute atomic E-state index is 11.3. The molecule has 118 valence electrons. The number of fused-ring (bicyclic) bond motifs is 1. The second-order valence-electron chi connectivity index (χ2n) is 4.63. The minimum absolute atomic E-state index is 0. The fourth-order valence-corrected chi connectivity index (χ4v) is 2.23. The molecule has 0 heterocycles. The largest absolute Gasteiger partial charge is 0.423 e. The van der Waals surface area contributed by atoms with Crippen molar-refractivity contribution in [2.24, 2.45) is 5.73 Å². The van der Waals surface area contributed by atoms with Crippen LogP contribution in [0.2, 0.25) is 0 Å². The van der Waals surface area contributed by atoms with Crippen LogP contribution in [-0.2, 0) is 16.0 Å². The first kappa shape index (κ1) is 17.9. The van der Waals surface area contributed by atoms with Crippen molar-refractivity contribution in [3.63, 3.8) is 0 Å². The number of halogens is 1. The summed E-state index contributed by atoms with van der Waals surface area (Å²) in [6, 6.07) is 9.12. The van der Waals surface area contributed by atoms with Gasteiger partial charge >= 0.3 is 11.9 Å². The fraction of sp³-hybridized carbons (Fsp3) is 0.250. The average molecular weight is 324 g/mol. The minimum Gasteiger partial charge on any atom is -0.423 e. The predicted molar refractivity (Wildman–Crippen MR) is 86.6 cm³/mol. The monoisotopic (exact) mass is 323 g/mol. The number of rotatable bonds is 4. The topological polar surface area (TPSA) is 78.6 Å². The van der Waals surface area contributed by atoms with Crippen LogP contribution >= 0.6 is 12.4 Å². The Labute approximate surface area is 134 Å². The van der Waals surface area contributed by atoms with Gasteiger partial charge in [0.15, 0.2) is 11.5 Å². The highest BCUT2D eigenvalue weighted by Crippen LogP contribution is 2.37. The Morgan fingerprint density at radius 1 is 1.00 bits per heavy atom. The van der Waals surface area contributed by atoms with Crippen LogP contribution < -0.4 is 15.2 Å².